The monoisotopic (exact) mass is 169 g/mol. The fraction of sp³-hybridized carbons (Fsp3) is 0.889. The molecule has 1 N–H and O–H groups in total. The van der Waals surface area contributed by atoms with Gasteiger partial charge in [-0.15, -0.1) is 0 Å². The quantitative estimate of drug-likeness (QED) is 0.622. The van der Waals surface area contributed by atoms with Crippen molar-refractivity contribution in [2.45, 2.75) is 19.3 Å². The molecule has 2 fully saturated rings. The van der Waals surface area contributed by atoms with E-state index in [0.29, 0.717) is 5.92 Å². The van der Waals surface area contributed by atoms with Crippen molar-refractivity contribution in [3.63, 3.8) is 0 Å². The van der Waals surface area contributed by atoms with Crippen molar-refractivity contribution in [3.8, 4) is 0 Å². The third kappa shape index (κ3) is 1.46. The van der Waals surface area contributed by atoms with Crippen molar-refractivity contribution in [2.75, 3.05) is 19.8 Å². The van der Waals surface area contributed by atoms with Crippen LogP contribution in [0.3, 0.4) is 0 Å². The summed E-state index contributed by atoms with van der Waals surface area (Å²) in [4.78, 5) is 11.3. The van der Waals surface area contributed by atoms with Gasteiger partial charge in [-0.2, -0.15) is 0 Å². The van der Waals surface area contributed by atoms with Crippen LogP contribution in [0.2, 0.25) is 0 Å². The SMILES string of the molecule is O=C1NCCC1C1CCCOC1. The maximum atomic E-state index is 11.3. The van der Waals surface area contributed by atoms with E-state index in [0.717, 1.165) is 39.0 Å². The summed E-state index contributed by atoms with van der Waals surface area (Å²) >= 11 is 0. The molecule has 0 aromatic heterocycles. The van der Waals surface area contributed by atoms with Gasteiger partial charge in [0, 0.05) is 19.1 Å². The van der Waals surface area contributed by atoms with Gasteiger partial charge >= 0.3 is 0 Å². The van der Waals surface area contributed by atoms with Crippen LogP contribution in [0.25, 0.3) is 0 Å². The van der Waals surface area contributed by atoms with Crippen LogP contribution >= 0.6 is 0 Å². The van der Waals surface area contributed by atoms with Crippen molar-refractivity contribution >= 4 is 5.91 Å². The Morgan fingerprint density at radius 3 is 2.92 bits per heavy atom. The average Bonchev–Trinajstić information content (AvgIpc) is 2.53. The molecule has 2 atom stereocenters. The van der Waals surface area contributed by atoms with Crippen LogP contribution in [0, 0.1) is 11.8 Å². The van der Waals surface area contributed by atoms with Gasteiger partial charge in [0.2, 0.25) is 5.91 Å². The molecule has 0 spiro atoms. The van der Waals surface area contributed by atoms with E-state index < -0.39 is 0 Å². The Morgan fingerprint density at radius 1 is 1.42 bits per heavy atom. The third-order valence-electron chi connectivity index (χ3n) is 2.86. The van der Waals surface area contributed by atoms with E-state index in [2.05, 4.69) is 5.32 Å². The summed E-state index contributed by atoms with van der Waals surface area (Å²) in [7, 11) is 0. The second kappa shape index (κ2) is 3.44. The van der Waals surface area contributed by atoms with Crippen molar-refractivity contribution in [1.82, 2.24) is 5.32 Å². The molecule has 0 aromatic rings. The Balaban J connectivity index is 1.93. The van der Waals surface area contributed by atoms with E-state index in [1.54, 1.807) is 0 Å². The van der Waals surface area contributed by atoms with Crippen molar-refractivity contribution < 1.29 is 9.53 Å². The van der Waals surface area contributed by atoms with Crippen LogP contribution in [0.15, 0.2) is 0 Å². The summed E-state index contributed by atoms with van der Waals surface area (Å²) in [6.07, 6.45) is 3.29. The third-order valence-corrected chi connectivity index (χ3v) is 2.86. The van der Waals surface area contributed by atoms with Gasteiger partial charge in [-0.25, -0.2) is 0 Å². The van der Waals surface area contributed by atoms with Crippen LogP contribution in [-0.2, 0) is 9.53 Å². The number of amides is 1. The first-order chi connectivity index (χ1) is 5.88. The van der Waals surface area contributed by atoms with Gasteiger partial charge < -0.3 is 10.1 Å². The highest BCUT2D eigenvalue weighted by Crippen LogP contribution is 2.27. The zero-order valence-corrected chi connectivity index (χ0v) is 7.21. The molecule has 3 nitrogen and oxygen atoms in total. The Labute approximate surface area is 72.5 Å². The van der Waals surface area contributed by atoms with E-state index in [1.807, 2.05) is 0 Å². The number of nitrogens with one attached hydrogen (secondary N) is 1. The van der Waals surface area contributed by atoms with Crippen LogP contribution in [0.1, 0.15) is 19.3 Å². The van der Waals surface area contributed by atoms with Gasteiger partial charge in [0.1, 0.15) is 0 Å². The number of hydrogen-bond acceptors (Lipinski definition) is 2. The van der Waals surface area contributed by atoms with E-state index in [9.17, 15) is 4.79 Å². The maximum Gasteiger partial charge on any atom is 0.223 e. The van der Waals surface area contributed by atoms with Gasteiger partial charge in [-0.1, -0.05) is 0 Å². The molecule has 1 amide bonds. The molecule has 68 valence electrons. The normalized spacial score (nSPS) is 36.5. The molecule has 0 saturated carbocycles. The number of ether oxygens (including phenoxy) is 1. The standard InChI is InChI=1S/C9H15NO2/c11-9-8(3-4-10-9)7-2-1-5-12-6-7/h7-8H,1-6H2,(H,10,11). The first-order valence-corrected chi connectivity index (χ1v) is 4.73. The Morgan fingerprint density at radius 2 is 2.33 bits per heavy atom. The van der Waals surface area contributed by atoms with E-state index in [-0.39, 0.29) is 11.8 Å². The Hall–Kier alpha value is -0.570. The molecule has 0 radical (unpaired) electrons. The number of carbonyl (C=O) groups is 1. The molecule has 0 aliphatic carbocycles. The summed E-state index contributed by atoms with van der Waals surface area (Å²) in [6.45, 7) is 2.53. The smallest absolute Gasteiger partial charge is 0.223 e. The Kier molecular flexibility index (Phi) is 2.30. The molecular formula is C9H15NO2. The number of hydrogen-bond donors (Lipinski definition) is 1. The van der Waals surface area contributed by atoms with Crippen LogP contribution in [-0.4, -0.2) is 25.7 Å². The molecule has 2 aliphatic rings. The molecule has 2 saturated heterocycles. The first-order valence-electron chi connectivity index (χ1n) is 4.73. The van der Waals surface area contributed by atoms with Crippen LogP contribution in [0.5, 0.6) is 0 Å². The average molecular weight is 169 g/mol. The minimum absolute atomic E-state index is 0.241. The number of carbonyl (C=O) groups excluding carboxylic acids is 1. The largest absolute Gasteiger partial charge is 0.381 e. The van der Waals surface area contributed by atoms with E-state index in [1.165, 1.54) is 0 Å². The highest BCUT2D eigenvalue weighted by molar-refractivity contribution is 5.80. The lowest BCUT2D eigenvalue weighted by Gasteiger charge is -2.25. The molecule has 2 rings (SSSR count). The molecule has 2 unspecified atom stereocenters. The predicted octanol–water partition coefficient (Wildman–Crippen LogP) is 0.549. The summed E-state index contributed by atoms with van der Waals surface area (Å²) in [6, 6.07) is 0. The summed E-state index contributed by atoms with van der Waals surface area (Å²) < 4.78 is 5.36. The fourth-order valence-electron chi connectivity index (χ4n) is 2.15. The fourth-order valence-corrected chi connectivity index (χ4v) is 2.15. The van der Waals surface area contributed by atoms with Gasteiger partial charge in [-0.05, 0) is 25.2 Å². The first kappa shape index (κ1) is 8.05. The molecule has 0 bridgehead atoms. The lowest BCUT2D eigenvalue weighted by molar-refractivity contribution is -0.125. The van der Waals surface area contributed by atoms with Gasteiger partial charge in [0.15, 0.2) is 0 Å². The van der Waals surface area contributed by atoms with Crippen molar-refractivity contribution in [2.24, 2.45) is 11.8 Å². The highest BCUT2D eigenvalue weighted by Gasteiger charge is 2.32. The minimum atomic E-state index is 0.241. The molecule has 0 aromatic carbocycles. The topological polar surface area (TPSA) is 38.3 Å². The van der Waals surface area contributed by atoms with Crippen LogP contribution in [0.4, 0.5) is 0 Å². The molecule has 2 aliphatic heterocycles. The zero-order chi connectivity index (χ0) is 8.39. The van der Waals surface area contributed by atoms with E-state index >= 15 is 0 Å². The van der Waals surface area contributed by atoms with Crippen LogP contribution < -0.4 is 5.32 Å². The Bertz CT molecular complexity index is 175. The minimum Gasteiger partial charge on any atom is -0.381 e. The van der Waals surface area contributed by atoms with Gasteiger partial charge in [-0.3, -0.25) is 4.79 Å². The van der Waals surface area contributed by atoms with Gasteiger partial charge in [0.05, 0.1) is 6.61 Å². The van der Waals surface area contributed by atoms with Gasteiger partial charge in [0.25, 0.3) is 0 Å². The molecule has 3 heteroatoms. The molecular weight excluding hydrogens is 154 g/mol. The highest BCUT2D eigenvalue weighted by atomic mass is 16.5. The van der Waals surface area contributed by atoms with Crippen molar-refractivity contribution in [1.29, 1.82) is 0 Å². The lowest BCUT2D eigenvalue weighted by atomic mass is 9.87. The van der Waals surface area contributed by atoms with E-state index in [4.69, 9.17) is 4.74 Å². The molecule has 12 heavy (non-hydrogen) atoms. The lowest BCUT2D eigenvalue weighted by Crippen LogP contribution is -2.30. The second-order valence-corrected chi connectivity index (χ2v) is 3.66. The summed E-state index contributed by atoms with van der Waals surface area (Å²) in [5.41, 5.74) is 0. The zero-order valence-electron chi connectivity index (χ0n) is 7.21. The molecule has 2 heterocycles. The summed E-state index contributed by atoms with van der Waals surface area (Å²) in [5, 5.41) is 2.87. The number of rotatable bonds is 1. The van der Waals surface area contributed by atoms with Crippen molar-refractivity contribution in [3.05, 3.63) is 0 Å². The maximum absolute atomic E-state index is 11.3. The second-order valence-electron chi connectivity index (χ2n) is 3.66. The summed E-state index contributed by atoms with van der Waals surface area (Å²) in [5.74, 6) is 0.969. The predicted molar refractivity (Wildman–Crippen MR) is 44.7 cm³/mol.